The summed E-state index contributed by atoms with van der Waals surface area (Å²) in [6.07, 6.45) is 3.14. The van der Waals surface area contributed by atoms with Gasteiger partial charge < -0.3 is 35.8 Å². The van der Waals surface area contributed by atoms with Crippen LogP contribution in [0.5, 0.6) is 11.5 Å². The lowest BCUT2D eigenvalue weighted by molar-refractivity contribution is 0.0497. The second-order valence-electron chi connectivity index (χ2n) is 16.0. The third-order valence-corrected chi connectivity index (χ3v) is 10.3. The van der Waals surface area contributed by atoms with Gasteiger partial charge in [-0.05, 0) is 120 Å². The molecule has 2 fully saturated rings. The first-order valence-corrected chi connectivity index (χ1v) is 19.7. The highest BCUT2D eigenvalue weighted by Gasteiger charge is 2.26. The number of aromatic nitrogens is 4. The minimum Gasteiger partial charge on any atom is -0.507 e. The molecule has 57 heavy (non-hydrogen) atoms. The van der Waals surface area contributed by atoms with Crippen LogP contribution in [-0.4, -0.2) is 80.1 Å². The van der Waals surface area contributed by atoms with Crippen LogP contribution in [0.25, 0.3) is 44.6 Å². The summed E-state index contributed by atoms with van der Waals surface area (Å²) in [7, 11) is 0. The maximum Gasteiger partial charge on any atom is 0.407 e. The van der Waals surface area contributed by atoms with Crippen LogP contribution in [0.2, 0.25) is 0 Å². The highest BCUT2D eigenvalue weighted by atomic mass is 16.6. The van der Waals surface area contributed by atoms with E-state index in [9.17, 15) is 15.0 Å². The summed E-state index contributed by atoms with van der Waals surface area (Å²) >= 11 is 0. The van der Waals surface area contributed by atoms with Crippen molar-refractivity contribution in [3.05, 3.63) is 96.1 Å². The summed E-state index contributed by atoms with van der Waals surface area (Å²) in [5, 5.41) is 25.6. The van der Waals surface area contributed by atoms with E-state index in [-0.39, 0.29) is 29.7 Å². The van der Waals surface area contributed by atoms with E-state index in [2.05, 4.69) is 52.4 Å². The van der Waals surface area contributed by atoms with Crippen LogP contribution in [0.4, 0.5) is 16.4 Å². The number of aromatic hydroxyl groups is 2. The minimum atomic E-state index is -0.512. The number of phenolic OH excluding ortho intramolecular Hbond substituents is 2. The quantitative estimate of drug-likeness (QED) is 0.134. The molecule has 5 N–H and O–H groups in total. The van der Waals surface area contributed by atoms with Crippen molar-refractivity contribution >= 4 is 39.5 Å². The molecule has 0 aliphatic carbocycles. The number of benzene rings is 4. The minimum absolute atomic E-state index is 0.0640. The van der Waals surface area contributed by atoms with Crippen molar-refractivity contribution in [2.45, 2.75) is 78.0 Å². The Balaban J connectivity index is 0.000000179. The van der Waals surface area contributed by atoms with E-state index < -0.39 is 5.60 Å². The van der Waals surface area contributed by atoms with Crippen molar-refractivity contribution in [3.8, 4) is 34.3 Å². The van der Waals surface area contributed by atoms with Crippen LogP contribution in [0.1, 0.15) is 57.6 Å². The van der Waals surface area contributed by atoms with Crippen LogP contribution in [-0.2, 0) is 4.74 Å². The second-order valence-corrected chi connectivity index (χ2v) is 16.0. The van der Waals surface area contributed by atoms with Crippen LogP contribution in [0.3, 0.4) is 0 Å². The largest absolute Gasteiger partial charge is 0.507 e. The number of fused-ring (bicyclic) bond motifs is 2. The highest BCUT2D eigenvalue weighted by Crippen LogP contribution is 2.35. The van der Waals surface area contributed by atoms with Crippen molar-refractivity contribution in [1.82, 2.24) is 25.3 Å². The van der Waals surface area contributed by atoms with E-state index in [0.717, 1.165) is 96.4 Å². The Morgan fingerprint density at radius 3 is 1.56 bits per heavy atom. The summed E-state index contributed by atoms with van der Waals surface area (Å²) < 4.78 is 5.39. The fraction of sp³-hybridized carbons (Fsp3) is 0.356. The van der Waals surface area contributed by atoms with Gasteiger partial charge in [0.15, 0.2) is 11.6 Å². The molecule has 4 heterocycles. The van der Waals surface area contributed by atoms with Gasteiger partial charge in [0.25, 0.3) is 0 Å². The summed E-state index contributed by atoms with van der Waals surface area (Å²) in [6, 6.07) is 27.1. The van der Waals surface area contributed by atoms with Gasteiger partial charge in [-0.25, -0.2) is 24.7 Å². The molecule has 0 spiro atoms. The smallest absolute Gasteiger partial charge is 0.407 e. The predicted molar refractivity (Wildman–Crippen MR) is 227 cm³/mol. The predicted octanol–water partition coefficient (Wildman–Crippen LogP) is 8.04. The van der Waals surface area contributed by atoms with Crippen molar-refractivity contribution < 1.29 is 19.7 Å². The van der Waals surface area contributed by atoms with Gasteiger partial charge in [0.2, 0.25) is 0 Å². The van der Waals surface area contributed by atoms with Crippen molar-refractivity contribution in [1.29, 1.82) is 0 Å². The number of para-hydroxylation sites is 2. The molecule has 12 nitrogen and oxygen atoms in total. The first-order valence-electron chi connectivity index (χ1n) is 19.7. The molecule has 0 saturated carbocycles. The zero-order valence-electron chi connectivity index (χ0n) is 33.4. The number of hydrogen-bond donors (Lipinski definition) is 4. The lowest BCUT2D eigenvalue weighted by Crippen LogP contribution is -2.46. The van der Waals surface area contributed by atoms with E-state index in [1.54, 1.807) is 24.3 Å². The molecule has 2 aliphatic rings. The summed E-state index contributed by atoms with van der Waals surface area (Å²) in [6.45, 7) is 13.0. The van der Waals surface area contributed by atoms with Gasteiger partial charge in [-0.1, -0.05) is 36.4 Å². The topological polar surface area (TPSA) is 163 Å². The normalized spacial score (nSPS) is 15.3. The van der Waals surface area contributed by atoms with Gasteiger partial charge in [-0.2, -0.15) is 0 Å². The Kier molecular flexibility index (Phi) is 11.4. The number of hydrogen-bond acceptors (Lipinski definition) is 11. The number of carbonyl (C=O) groups excluding carboxylic acids is 1. The first-order chi connectivity index (χ1) is 27.3. The van der Waals surface area contributed by atoms with E-state index in [1.165, 1.54) is 0 Å². The number of ether oxygens (including phenoxy) is 1. The van der Waals surface area contributed by atoms with Crippen LogP contribution in [0.15, 0.2) is 84.9 Å². The van der Waals surface area contributed by atoms with Crippen molar-refractivity contribution in [2.24, 2.45) is 5.73 Å². The Hall–Kier alpha value is -6.01. The average Bonchev–Trinajstić information content (AvgIpc) is 3.17. The van der Waals surface area contributed by atoms with Gasteiger partial charge in [0.1, 0.15) is 28.7 Å². The summed E-state index contributed by atoms with van der Waals surface area (Å²) in [4.78, 5) is 35.8. The first kappa shape index (κ1) is 39.2. The molecular weight excluding hydrogens is 717 g/mol. The van der Waals surface area contributed by atoms with Gasteiger partial charge in [0, 0.05) is 49.0 Å². The van der Waals surface area contributed by atoms with Gasteiger partial charge in [-0.15, -0.1) is 0 Å². The molecule has 4 aromatic carbocycles. The molecule has 12 heteroatoms. The molecule has 1 amide bonds. The molecule has 0 atom stereocenters. The van der Waals surface area contributed by atoms with E-state index >= 15 is 0 Å². The SMILES string of the molecule is Cc1ccc2c(N3CCC(N)CC3)nc(-c3ccccc3O)nc2c1.Cc1ccc2c(N3CCC(NC(=O)OC(C)(C)C)CC3)nc(-c3ccccc3O)nc2c1. The third kappa shape index (κ3) is 9.35. The lowest BCUT2D eigenvalue weighted by Gasteiger charge is -2.34. The molecule has 6 aromatic rings. The zero-order valence-corrected chi connectivity index (χ0v) is 33.4. The molecule has 2 aliphatic heterocycles. The van der Waals surface area contributed by atoms with Gasteiger partial charge in [0.05, 0.1) is 22.2 Å². The Morgan fingerprint density at radius 2 is 1.12 bits per heavy atom. The molecule has 8 rings (SSSR count). The zero-order chi connectivity index (χ0) is 40.3. The third-order valence-electron chi connectivity index (χ3n) is 10.3. The van der Waals surface area contributed by atoms with E-state index in [1.807, 2.05) is 58.0 Å². The molecule has 296 valence electrons. The highest BCUT2D eigenvalue weighted by molar-refractivity contribution is 5.93. The molecule has 0 unspecified atom stereocenters. The lowest BCUT2D eigenvalue weighted by atomic mass is 10.0. The monoisotopic (exact) mass is 768 g/mol. The number of carbonyl (C=O) groups is 1. The molecule has 2 saturated heterocycles. The molecule has 0 radical (unpaired) electrons. The van der Waals surface area contributed by atoms with Crippen LogP contribution < -0.4 is 20.9 Å². The number of anilines is 2. The second kappa shape index (κ2) is 16.6. The Morgan fingerprint density at radius 1 is 0.684 bits per heavy atom. The molecule has 0 bridgehead atoms. The Bertz CT molecular complexity index is 2380. The number of alkyl carbamates (subject to hydrolysis) is 1. The van der Waals surface area contributed by atoms with Gasteiger partial charge in [-0.3, -0.25) is 0 Å². The number of amides is 1. The fourth-order valence-corrected chi connectivity index (χ4v) is 7.32. The number of phenols is 2. The van der Waals surface area contributed by atoms with Crippen molar-refractivity contribution in [3.63, 3.8) is 0 Å². The number of nitrogens with zero attached hydrogens (tertiary/aromatic N) is 6. The van der Waals surface area contributed by atoms with E-state index in [0.29, 0.717) is 22.8 Å². The van der Waals surface area contributed by atoms with Crippen LogP contribution >= 0.6 is 0 Å². The molecule has 2 aromatic heterocycles. The summed E-state index contributed by atoms with van der Waals surface area (Å²) in [5.74, 6) is 3.19. The average molecular weight is 769 g/mol. The summed E-state index contributed by atoms with van der Waals surface area (Å²) in [5.41, 5.74) is 10.8. The fourth-order valence-electron chi connectivity index (χ4n) is 7.32. The number of nitrogens with two attached hydrogens (primary N) is 1. The maximum atomic E-state index is 12.1. The number of piperidine rings is 2. The number of aryl methyl sites for hydroxylation is 2. The molecular formula is C45H52N8O4. The van der Waals surface area contributed by atoms with E-state index in [4.69, 9.17) is 30.4 Å². The Labute approximate surface area is 333 Å². The number of rotatable bonds is 5. The maximum absolute atomic E-state index is 12.1. The van der Waals surface area contributed by atoms with Crippen molar-refractivity contribution in [2.75, 3.05) is 36.0 Å². The standard InChI is InChI=1S/C25H30N4O3.C20H22N4O/c1-16-9-10-18-20(15-16)27-22(19-7-5-6-8-21(19)30)28-23(18)29-13-11-17(12-14-29)26-24(31)32-25(2,3)4;1-13-6-7-15-17(12-13)22-19(16-4-2-3-5-18(16)25)23-20(15)24-10-8-14(21)9-11-24/h5-10,15,17,30H,11-14H2,1-4H3,(H,26,31);2-7,12,14,25H,8-11,21H2,1H3. The van der Waals surface area contributed by atoms with Gasteiger partial charge >= 0.3 is 6.09 Å². The van der Waals surface area contributed by atoms with Crippen LogP contribution in [0, 0.1) is 13.8 Å². The number of nitrogens with one attached hydrogen (secondary N) is 1.